The quantitative estimate of drug-likeness (QED) is 0.871. The van der Waals surface area contributed by atoms with E-state index in [-0.39, 0.29) is 0 Å². The summed E-state index contributed by atoms with van der Waals surface area (Å²) in [5, 5.41) is 0.785. The Balaban J connectivity index is 2.06. The van der Waals surface area contributed by atoms with Gasteiger partial charge in [0.05, 0.1) is 0 Å². The highest BCUT2D eigenvalue weighted by Crippen LogP contribution is 2.18. The number of rotatable bonds is 5. The van der Waals surface area contributed by atoms with Crippen LogP contribution in [0.15, 0.2) is 42.5 Å². The van der Waals surface area contributed by atoms with Crippen molar-refractivity contribution in [2.75, 3.05) is 6.54 Å². The molecule has 0 fully saturated rings. The van der Waals surface area contributed by atoms with Crippen LogP contribution in [0.1, 0.15) is 22.3 Å². The predicted octanol–water partition coefficient (Wildman–Crippen LogP) is 4.32. The largest absolute Gasteiger partial charge is 0.330 e. The van der Waals surface area contributed by atoms with Crippen LogP contribution < -0.4 is 5.73 Å². The Morgan fingerprint density at radius 3 is 2.00 bits per heavy atom. The third-order valence-corrected chi connectivity index (χ3v) is 3.83. The third kappa shape index (κ3) is 4.36. The fraction of sp³-hybridized carbons (Fsp3) is 0.333. The predicted molar refractivity (Wildman–Crippen MR) is 87.3 cm³/mol. The number of benzene rings is 2. The van der Waals surface area contributed by atoms with E-state index in [1.807, 2.05) is 12.1 Å². The molecule has 1 atom stereocenters. The van der Waals surface area contributed by atoms with Crippen molar-refractivity contribution in [3.8, 4) is 0 Å². The Hall–Kier alpha value is -1.31. The molecule has 0 saturated carbocycles. The first kappa shape index (κ1) is 15.1. The van der Waals surface area contributed by atoms with Crippen molar-refractivity contribution in [1.82, 2.24) is 0 Å². The van der Waals surface area contributed by atoms with Gasteiger partial charge in [0.15, 0.2) is 0 Å². The lowest BCUT2D eigenvalue weighted by Gasteiger charge is -2.16. The molecule has 2 rings (SSSR count). The van der Waals surface area contributed by atoms with Gasteiger partial charge in [-0.3, -0.25) is 0 Å². The van der Waals surface area contributed by atoms with Crippen LogP contribution in [0.2, 0.25) is 5.02 Å². The first-order valence-electron chi connectivity index (χ1n) is 7.08. The molecule has 1 unspecified atom stereocenters. The smallest absolute Gasteiger partial charge is 0.0406 e. The van der Waals surface area contributed by atoms with Crippen LogP contribution in [0.25, 0.3) is 0 Å². The summed E-state index contributed by atoms with van der Waals surface area (Å²) in [6.07, 6.45) is 2.03. The van der Waals surface area contributed by atoms with E-state index in [1.165, 1.54) is 22.3 Å². The molecule has 0 aliphatic heterocycles. The van der Waals surface area contributed by atoms with Gasteiger partial charge in [0.25, 0.3) is 0 Å². The van der Waals surface area contributed by atoms with Gasteiger partial charge in [-0.05, 0) is 62.4 Å². The van der Waals surface area contributed by atoms with Gasteiger partial charge in [-0.1, -0.05) is 53.1 Å². The lowest BCUT2D eigenvalue weighted by atomic mass is 9.91. The molecular weight excluding hydrogens is 266 g/mol. The first-order valence-corrected chi connectivity index (χ1v) is 7.46. The first-order chi connectivity index (χ1) is 9.56. The Bertz CT molecular complexity index is 540. The Morgan fingerprint density at radius 2 is 1.45 bits per heavy atom. The zero-order valence-electron chi connectivity index (χ0n) is 12.2. The van der Waals surface area contributed by atoms with Crippen LogP contribution in [-0.2, 0) is 12.8 Å². The second kappa shape index (κ2) is 6.92. The van der Waals surface area contributed by atoms with Gasteiger partial charge < -0.3 is 5.73 Å². The summed E-state index contributed by atoms with van der Waals surface area (Å²) >= 11 is 5.92. The number of halogens is 1. The van der Waals surface area contributed by atoms with Crippen molar-refractivity contribution in [2.24, 2.45) is 11.7 Å². The molecule has 0 saturated heterocycles. The molecule has 0 spiro atoms. The maximum absolute atomic E-state index is 5.95. The van der Waals surface area contributed by atoms with Crippen molar-refractivity contribution >= 4 is 11.6 Å². The van der Waals surface area contributed by atoms with Crippen molar-refractivity contribution < 1.29 is 0 Å². The van der Waals surface area contributed by atoms with Crippen molar-refractivity contribution in [3.05, 3.63) is 69.7 Å². The summed E-state index contributed by atoms with van der Waals surface area (Å²) in [5.74, 6) is 0.470. The van der Waals surface area contributed by atoms with Gasteiger partial charge in [-0.25, -0.2) is 0 Å². The molecule has 2 aromatic carbocycles. The van der Waals surface area contributed by atoms with Crippen LogP contribution in [0, 0.1) is 19.8 Å². The van der Waals surface area contributed by atoms with Gasteiger partial charge in [0.2, 0.25) is 0 Å². The lowest BCUT2D eigenvalue weighted by Crippen LogP contribution is -2.19. The Labute approximate surface area is 126 Å². The van der Waals surface area contributed by atoms with Crippen LogP contribution >= 0.6 is 11.6 Å². The fourth-order valence-corrected chi connectivity index (χ4v) is 2.84. The maximum Gasteiger partial charge on any atom is 0.0406 e. The summed E-state index contributed by atoms with van der Waals surface area (Å²) in [7, 11) is 0. The number of hydrogen-bond acceptors (Lipinski definition) is 1. The summed E-state index contributed by atoms with van der Waals surface area (Å²) in [6.45, 7) is 5.00. The van der Waals surface area contributed by atoms with Crippen molar-refractivity contribution in [2.45, 2.75) is 26.7 Å². The minimum Gasteiger partial charge on any atom is -0.330 e. The highest BCUT2D eigenvalue weighted by Gasteiger charge is 2.10. The molecule has 20 heavy (non-hydrogen) atoms. The number of hydrogen-bond donors (Lipinski definition) is 1. The highest BCUT2D eigenvalue weighted by atomic mass is 35.5. The molecule has 2 heteroatoms. The molecule has 0 aliphatic carbocycles. The van der Waals surface area contributed by atoms with Gasteiger partial charge in [-0.15, -0.1) is 0 Å². The van der Waals surface area contributed by atoms with Crippen molar-refractivity contribution in [3.63, 3.8) is 0 Å². The summed E-state index contributed by atoms with van der Waals surface area (Å²) in [4.78, 5) is 0. The average molecular weight is 288 g/mol. The molecular formula is C18H22ClN. The number of aryl methyl sites for hydroxylation is 2. The molecule has 0 aromatic heterocycles. The van der Waals surface area contributed by atoms with E-state index >= 15 is 0 Å². The minimum absolute atomic E-state index is 0.470. The van der Waals surface area contributed by atoms with Crippen molar-refractivity contribution in [1.29, 1.82) is 0 Å². The van der Waals surface area contributed by atoms with Gasteiger partial charge in [-0.2, -0.15) is 0 Å². The molecule has 2 N–H and O–H groups in total. The van der Waals surface area contributed by atoms with E-state index in [0.717, 1.165) is 17.9 Å². The monoisotopic (exact) mass is 287 g/mol. The van der Waals surface area contributed by atoms with E-state index in [9.17, 15) is 0 Å². The molecule has 2 aromatic rings. The summed E-state index contributed by atoms with van der Waals surface area (Å²) in [5.41, 5.74) is 11.3. The standard InChI is InChI=1S/C18H22ClN/c1-13-7-14(2)9-16(8-13)11-17(12-20)10-15-3-5-18(19)6-4-15/h3-9,17H,10-12,20H2,1-2H3. The molecule has 0 aliphatic rings. The highest BCUT2D eigenvalue weighted by molar-refractivity contribution is 6.30. The molecule has 106 valence electrons. The van der Waals surface area contributed by atoms with Crippen LogP contribution in [-0.4, -0.2) is 6.54 Å². The maximum atomic E-state index is 5.95. The fourth-order valence-electron chi connectivity index (χ4n) is 2.71. The second-order valence-corrected chi connectivity index (χ2v) is 6.07. The van der Waals surface area contributed by atoms with Gasteiger partial charge in [0, 0.05) is 5.02 Å². The van der Waals surface area contributed by atoms with E-state index in [0.29, 0.717) is 12.5 Å². The van der Waals surface area contributed by atoms with Crippen LogP contribution in [0.3, 0.4) is 0 Å². The Kier molecular flexibility index (Phi) is 5.22. The molecule has 0 amide bonds. The van der Waals surface area contributed by atoms with E-state index in [4.69, 9.17) is 17.3 Å². The zero-order chi connectivity index (χ0) is 14.5. The van der Waals surface area contributed by atoms with Crippen LogP contribution in [0.5, 0.6) is 0 Å². The minimum atomic E-state index is 0.470. The number of nitrogens with two attached hydrogens (primary N) is 1. The average Bonchev–Trinajstić information content (AvgIpc) is 2.39. The lowest BCUT2D eigenvalue weighted by molar-refractivity contribution is 0.533. The molecule has 1 nitrogen and oxygen atoms in total. The van der Waals surface area contributed by atoms with Gasteiger partial charge in [0.1, 0.15) is 0 Å². The topological polar surface area (TPSA) is 26.0 Å². The van der Waals surface area contributed by atoms with Gasteiger partial charge >= 0.3 is 0 Å². The summed E-state index contributed by atoms with van der Waals surface area (Å²) < 4.78 is 0. The Morgan fingerprint density at radius 1 is 0.900 bits per heavy atom. The van der Waals surface area contributed by atoms with E-state index in [1.54, 1.807) is 0 Å². The SMILES string of the molecule is Cc1cc(C)cc(CC(CN)Cc2ccc(Cl)cc2)c1. The molecule has 0 radical (unpaired) electrons. The molecule has 0 heterocycles. The van der Waals surface area contributed by atoms with Crippen LogP contribution in [0.4, 0.5) is 0 Å². The second-order valence-electron chi connectivity index (χ2n) is 5.63. The summed E-state index contributed by atoms with van der Waals surface area (Å²) in [6, 6.07) is 14.8. The zero-order valence-corrected chi connectivity index (χ0v) is 13.0. The van der Waals surface area contributed by atoms with E-state index < -0.39 is 0 Å². The third-order valence-electron chi connectivity index (χ3n) is 3.58. The van der Waals surface area contributed by atoms with E-state index in [2.05, 4.69) is 44.2 Å². The normalized spacial score (nSPS) is 12.4. The molecule has 0 bridgehead atoms.